The molecule has 10 heteroatoms. The molecule has 0 aromatic rings. The Balaban J connectivity index is 1.39. The first-order chi connectivity index (χ1) is 19.6. The van der Waals surface area contributed by atoms with Crippen LogP contribution in [0.25, 0.3) is 0 Å². The van der Waals surface area contributed by atoms with E-state index in [2.05, 4.69) is 18.7 Å². The van der Waals surface area contributed by atoms with Gasteiger partial charge in [-0.05, 0) is 69.6 Å². The molecule has 7 aliphatic rings. The second kappa shape index (κ2) is 9.33. The van der Waals surface area contributed by atoms with Gasteiger partial charge in [0.1, 0.15) is 17.8 Å². The zero-order chi connectivity index (χ0) is 30.4. The summed E-state index contributed by atoms with van der Waals surface area (Å²) in [6, 6.07) is -0.150. The van der Waals surface area contributed by atoms with E-state index in [0.717, 1.165) is 19.4 Å². The second-order valence-electron chi connectivity index (χ2n) is 16.1. The van der Waals surface area contributed by atoms with Crippen LogP contribution < -0.4 is 0 Å². The van der Waals surface area contributed by atoms with E-state index >= 15 is 0 Å². The number of nitrogens with zero attached hydrogens (tertiary/aromatic N) is 1. The number of aliphatic hydroxyl groups excluding tert-OH is 4. The maximum absolute atomic E-state index is 13.2. The lowest BCUT2D eigenvalue weighted by molar-refractivity contribution is -0.326. The van der Waals surface area contributed by atoms with Crippen LogP contribution in [0.1, 0.15) is 79.6 Å². The molecular formula is C32H53NO9. The van der Waals surface area contributed by atoms with Crippen molar-refractivity contribution in [1.82, 2.24) is 4.90 Å². The van der Waals surface area contributed by atoms with Crippen LogP contribution in [0.2, 0.25) is 0 Å². The van der Waals surface area contributed by atoms with Crippen molar-refractivity contribution >= 4 is 0 Å². The van der Waals surface area contributed by atoms with E-state index in [4.69, 9.17) is 9.47 Å². The fourth-order valence-electron chi connectivity index (χ4n) is 12.0. The summed E-state index contributed by atoms with van der Waals surface area (Å²) in [6.07, 6.45) is -2.32. The van der Waals surface area contributed by atoms with Crippen LogP contribution in [-0.4, -0.2) is 113 Å². The van der Waals surface area contributed by atoms with E-state index < -0.39 is 82.4 Å². The molecule has 240 valence electrons. The van der Waals surface area contributed by atoms with Gasteiger partial charge in [-0.2, -0.15) is 0 Å². The Bertz CT molecular complexity index is 1090. The molecule has 4 bridgehead atoms. The van der Waals surface area contributed by atoms with Crippen molar-refractivity contribution in [3.05, 3.63) is 0 Å². The van der Waals surface area contributed by atoms with E-state index in [-0.39, 0.29) is 24.3 Å². The van der Waals surface area contributed by atoms with Crippen molar-refractivity contribution in [2.75, 3.05) is 13.1 Å². The van der Waals surface area contributed by atoms with Gasteiger partial charge in [-0.3, -0.25) is 4.90 Å². The number of piperidine rings is 2. The predicted molar refractivity (Wildman–Crippen MR) is 150 cm³/mol. The molecule has 42 heavy (non-hydrogen) atoms. The molecule has 4 aliphatic carbocycles. The van der Waals surface area contributed by atoms with Gasteiger partial charge >= 0.3 is 0 Å². The first-order valence-corrected chi connectivity index (χ1v) is 16.6. The number of aliphatic hydroxyl groups is 7. The fourth-order valence-corrected chi connectivity index (χ4v) is 12.0. The van der Waals surface area contributed by atoms with Crippen LogP contribution in [-0.2, 0) is 9.47 Å². The first-order valence-electron chi connectivity index (χ1n) is 16.6. The maximum Gasteiger partial charge on any atom is 0.196 e. The molecule has 0 radical (unpaired) electrons. The highest BCUT2D eigenvalue weighted by Crippen LogP contribution is 2.77. The number of hydrogen-bond acceptors (Lipinski definition) is 10. The molecule has 3 aliphatic heterocycles. The van der Waals surface area contributed by atoms with Crippen LogP contribution in [0.5, 0.6) is 0 Å². The van der Waals surface area contributed by atoms with Crippen LogP contribution in [0.3, 0.4) is 0 Å². The summed E-state index contributed by atoms with van der Waals surface area (Å²) in [5.41, 5.74) is -4.93. The summed E-state index contributed by atoms with van der Waals surface area (Å²) in [5, 5.41) is 83.6. The summed E-state index contributed by atoms with van der Waals surface area (Å²) in [5.74, 6) is -4.65. The predicted octanol–water partition coefficient (Wildman–Crippen LogP) is 0.575. The topological polar surface area (TPSA) is 163 Å². The third-order valence-corrected chi connectivity index (χ3v) is 14.2. The number of hydrogen-bond donors (Lipinski definition) is 7. The summed E-state index contributed by atoms with van der Waals surface area (Å²) in [4.78, 5) is 2.32. The van der Waals surface area contributed by atoms with Crippen molar-refractivity contribution in [2.24, 2.45) is 46.8 Å². The minimum Gasteiger partial charge on any atom is -0.393 e. The largest absolute Gasteiger partial charge is 0.393 e. The minimum absolute atomic E-state index is 0.139. The van der Waals surface area contributed by atoms with Crippen LogP contribution in [0.4, 0.5) is 0 Å². The van der Waals surface area contributed by atoms with Crippen molar-refractivity contribution in [3.8, 4) is 0 Å². The minimum atomic E-state index is -1.84. The van der Waals surface area contributed by atoms with Gasteiger partial charge in [0.2, 0.25) is 0 Å². The monoisotopic (exact) mass is 595 g/mol. The lowest BCUT2D eigenvalue weighted by Crippen LogP contribution is -2.77. The molecule has 0 aromatic carbocycles. The van der Waals surface area contributed by atoms with Crippen molar-refractivity contribution in [1.29, 1.82) is 0 Å². The molecule has 1 spiro atoms. The molecule has 10 nitrogen and oxygen atoms in total. The van der Waals surface area contributed by atoms with Crippen LogP contribution in [0.15, 0.2) is 0 Å². The lowest BCUT2D eigenvalue weighted by atomic mass is 9.49. The quantitative estimate of drug-likeness (QED) is 0.229. The van der Waals surface area contributed by atoms with E-state index in [1.165, 1.54) is 0 Å². The van der Waals surface area contributed by atoms with Gasteiger partial charge in [0.25, 0.3) is 0 Å². The molecule has 7 fully saturated rings. The molecule has 0 amide bonds. The van der Waals surface area contributed by atoms with E-state index in [0.29, 0.717) is 38.1 Å². The Morgan fingerprint density at radius 2 is 1.76 bits per heavy atom. The fraction of sp³-hybridized carbons (Fsp3) is 1.00. The number of rotatable bonds is 4. The summed E-state index contributed by atoms with van der Waals surface area (Å²) in [6.45, 7) is 11.2. The maximum atomic E-state index is 13.2. The summed E-state index contributed by atoms with van der Waals surface area (Å²) >= 11 is 0. The summed E-state index contributed by atoms with van der Waals surface area (Å²) < 4.78 is 13.0. The van der Waals surface area contributed by atoms with Crippen molar-refractivity contribution in [2.45, 2.75) is 139 Å². The van der Waals surface area contributed by atoms with E-state index in [9.17, 15) is 35.7 Å². The van der Waals surface area contributed by atoms with E-state index in [1.807, 2.05) is 13.8 Å². The van der Waals surface area contributed by atoms with Gasteiger partial charge in [0.15, 0.2) is 12.1 Å². The van der Waals surface area contributed by atoms with Crippen molar-refractivity contribution in [3.63, 3.8) is 0 Å². The third-order valence-electron chi connectivity index (χ3n) is 14.2. The SMILES string of the molecule is CCC(C)C(O)O[C@H]1[C@H](O)[C@H]2[C@@H](CN3C[C@@H](C)CC[C@H]3[C@@]2(C)O)[C@@H]2C[C@@]34O[C@@]5(O)[C@@H](C[C@@H](O)[C@H]3[C@@]21O)[C@]4(C)CC[C@@H]5O. The Labute approximate surface area is 249 Å². The highest BCUT2D eigenvalue weighted by atomic mass is 16.7. The number of fused-ring (bicyclic) bond motifs is 5. The summed E-state index contributed by atoms with van der Waals surface area (Å²) in [7, 11) is 0. The van der Waals surface area contributed by atoms with Gasteiger partial charge in [0, 0.05) is 48.2 Å². The van der Waals surface area contributed by atoms with Gasteiger partial charge in [-0.15, -0.1) is 0 Å². The molecule has 7 rings (SSSR count). The number of ether oxygens (including phenoxy) is 2. The Kier molecular flexibility index (Phi) is 6.72. The highest BCUT2D eigenvalue weighted by molar-refractivity contribution is 5.33. The normalized spacial score (nSPS) is 61.6. The third kappa shape index (κ3) is 3.46. The molecule has 18 atom stereocenters. The highest BCUT2D eigenvalue weighted by Gasteiger charge is 2.86. The standard InChI is InChI=1S/C32H53NO9/c1-6-16(3)27(37)41-26-24(36)23-17(14-33-13-15(2)7-8-21(33)29(23,5)38)18-12-30-25(31(18,26)39)19(34)11-20-28(30,4)10-9-22(35)32(20,40)42-30/h15-27,34-40H,6-14H2,1-5H3/t15-,16?,17-,18-,19+,20-,21-,22-,23+,24+,25+,26-,27?,28-,29+,30+,31-,32-/m0/s1. The zero-order valence-electron chi connectivity index (χ0n) is 25.8. The van der Waals surface area contributed by atoms with Gasteiger partial charge in [-0.1, -0.05) is 27.7 Å². The van der Waals surface area contributed by atoms with Gasteiger partial charge in [-0.25, -0.2) is 0 Å². The first kappa shape index (κ1) is 30.3. The Morgan fingerprint density at radius 3 is 2.45 bits per heavy atom. The molecule has 7 N–H and O–H groups in total. The molecule has 2 unspecified atom stereocenters. The van der Waals surface area contributed by atoms with Gasteiger partial charge in [0.05, 0.1) is 23.4 Å². The average Bonchev–Trinajstić information content (AvgIpc) is 3.21. The lowest BCUT2D eigenvalue weighted by Gasteiger charge is -2.64. The second-order valence-corrected chi connectivity index (χ2v) is 16.1. The molecular weight excluding hydrogens is 542 g/mol. The Hall–Kier alpha value is -0.400. The van der Waals surface area contributed by atoms with Crippen LogP contribution >= 0.6 is 0 Å². The van der Waals surface area contributed by atoms with Gasteiger partial charge < -0.3 is 45.2 Å². The Morgan fingerprint density at radius 1 is 1.05 bits per heavy atom. The molecule has 0 aromatic heterocycles. The van der Waals surface area contributed by atoms with Crippen LogP contribution in [0, 0.1) is 46.8 Å². The average molecular weight is 596 g/mol. The van der Waals surface area contributed by atoms with Crippen molar-refractivity contribution < 1.29 is 45.2 Å². The van der Waals surface area contributed by atoms with E-state index in [1.54, 1.807) is 6.92 Å². The molecule has 3 saturated heterocycles. The zero-order valence-corrected chi connectivity index (χ0v) is 25.8. The smallest absolute Gasteiger partial charge is 0.196 e. The molecule has 3 heterocycles. The molecule has 4 saturated carbocycles.